The van der Waals surface area contributed by atoms with Crippen LogP contribution in [0.2, 0.25) is 0 Å². The molecule has 0 aromatic carbocycles. The first-order chi connectivity index (χ1) is 7.04. The van der Waals surface area contributed by atoms with Crippen molar-refractivity contribution in [3.63, 3.8) is 0 Å². The van der Waals surface area contributed by atoms with Crippen LogP contribution in [0, 0.1) is 11.8 Å². The van der Waals surface area contributed by atoms with Gasteiger partial charge in [0.05, 0.1) is 5.92 Å². The van der Waals surface area contributed by atoms with Gasteiger partial charge in [-0.3, -0.25) is 9.59 Å². The molecule has 1 rings (SSSR count). The van der Waals surface area contributed by atoms with Crippen LogP contribution in [0.3, 0.4) is 0 Å². The Hall–Kier alpha value is -1.06. The van der Waals surface area contributed by atoms with Gasteiger partial charge in [0.1, 0.15) is 0 Å². The van der Waals surface area contributed by atoms with Crippen LogP contribution in [-0.2, 0) is 9.59 Å². The zero-order valence-electron chi connectivity index (χ0n) is 9.32. The van der Waals surface area contributed by atoms with E-state index in [0.29, 0.717) is 0 Å². The summed E-state index contributed by atoms with van der Waals surface area (Å²) in [6.45, 7) is 3.91. The Morgan fingerprint density at radius 1 is 1.47 bits per heavy atom. The summed E-state index contributed by atoms with van der Waals surface area (Å²) >= 11 is 0. The number of rotatable bonds is 6. The van der Waals surface area contributed by atoms with Crippen LogP contribution in [0.25, 0.3) is 0 Å². The van der Waals surface area contributed by atoms with Crippen LogP contribution in [0.4, 0.5) is 0 Å². The maximum atomic E-state index is 11.5. The third-order valence-corrected chi connectivity index (χ3v) is 2.93. The first-order valence-electron chi connectivity index (χ1n) is 5.56. The van der Waals surface area contributed by atoms with Gasteiger partial charge in [-0.15, -0.1) is 0 Å². The summed E-state index contributed by atoms with van der Waals surface area (Å²) < 4.78 is 0. The highest BCUT2D eigenvalue weighted by Gasteiger charge is 2.37. The van der Waals surface area contributed by atoms with E-state index in [9.17, 15) is 9.59 Å². The van der Waals surface area contributed by atoms with Crippen molar-refractivity contribution in [3.8, 4) is 0 Å². The zero-order valence-corrected chi connectivity index (χ0v) is 9.32. The molecule has 0 heterocycles. The number of carbonyl (C=O) groups is 2. The summed E-state index contributed by atoms with van der Waals surface area (Å²) in [5.74, 6) is -1.22. The second kappa shape index (κ2) is 5.14. The smallest absolute Gasteiger partial charge is 0.307 e. The van der Waals surface area contributed by atoms with Gasteiger partial charge in [0.2, 0.25) is 5.91 Å². The molecule has 0 spiro atoms. The molecule has 2 unspecified atom stereocenters. The molecular weight excluding hydrogens is 194 g/mol. The van der Waals surface area contributed by atoms with E-state index in [4.69, 9.17) is 5.11 Å². The molecular formula is C11H19NO3. The normalized spacial score (nSPS) is 19.3. The third-order valence-electron chi connectivity index (χ3n) is 2.93. The molecule has 4 heteroatoms. The highest BCUT2D eigenvalue weighted by Crippen LogP contribution is 2.38. The minimum atomic E-state index is -0.836. The topological polar surface area (TPSA) is 66.4 Å². The van der Waals surface area contributed by atoms with Gasteiger partial charge in [-0.2, -0.15) is 0 Å². The first kappa shape index (κ1) is 12.0. The number of carboxylic acids is 1. The lowest BCUT2D eigenvalue weighted by Gasteiger charge is -2.14. The standard InChI is InChI=1S/C11H19NO3/c1-3-7(2)12-10(13)6-9(11(14)15)8-4-5-8/h7-9H,3-6H2,1-2H3,(H,12,13)(H,14,15). The molecule has 2 atom stereocenters. The van der Waals surface area contributed by atoms with E-state index >= 15 is 0 Å². The van der Waals surface area contributed by atoms with Crippen molar-refractivity contribution in [2.45, 2.75) is 45.6 Å². The summed E-state index contributed by atoms with van der Waals surface area (Å²) in [5, 5.41) is 11.7. The van der Waals surface area contributed by atoms with E-state index in [0.717, 1.165) is 19.3 Å². The monoisotopic (exact) mass is 213 g/mol. The van der Waals surface area contributed by atoms with E-state index in [2.05, 4.69) is 5.32 Å². The van der Waals surface area contributed by atoms with Gasteiger partial charge in [0, 0.05) is 12.5 Å². The van der Waals surface area contributed by atoms with Crippen molar-refractivity contribution in [2.24, 2.45) is 11.8 Å². The fourth-order valence-electron chi connectivity index (χ4n) is 1.59. The maximum Gasteiger partial charge on any atom is 0.307 e. The van der Waals surface area contributed by atoms with Crippen molar-refractivity contribution in [1.82, 2.24) is 5.32 Å². The first-order valence-corrected chi connectivity index (χ1v) is 5.56. The Kier molecular flexibility index (Phi) is 4.12. The molecule has 0 radical (unpaired) electrons. The molecule has 15 heavy (non-hydrogen) atoms. The lowest BCUT2D eigenvalue weighted by atomic mass is 9.99. The van der Waals surface area contributed by atoms with E-state index in [1.54, 1.807) is 0 Å². The summed E-state index contributed by atoms with van der Waals surface area (Å²) in [6, 6.07) is 0.131. The van der Waals surface area contributed by atoms with Crippen molar-refractivity contribution in [3.05, 3.63) is 0 Å². The SMILES string of the molecule is CCC(C)NC(=O)CC(C(=O)O)C1CC1. The van der Waals surface area contributed by atoms with Gasteiger partial charge in [-0.25, -0.2) is 0 Å². The Morgan fingerprint density at radius 3 is 2.47 bits per heavy atom. The van der Waals surface area contributed by atoms with Crippen LogP contribution >= 0.6 is 0 Å². The Labute approximate surface area is 90.0 Å². The lowest BCUT2D eigenvalue weighted by molar-refractivity contribution is -0.145. The minimum Gasteiger partial charge on any atom is -0.481 e. The summed E-state index contributed by atoms with van der Waals surface area (Å²) in [5.41, 5.74) is 0. The average Bonchev–Trinajstić information content (AvgIpc) is 2.96. The van der Waals surface area contributed by atoms with E-state index in [-0.39, 0.29) is 24.3 Å². The van der Waals surface area contributed by atoms with E-state index < -0.39 is 11.9 Å². The number of hydrogen-bond acceptors (Lipinski definition) is 2. The highest BCUT2D eigenvalue weighted by molar-refractivity contribution is 5.82. The summed E-state index contributed by atoms with van der Waals surface area (Å²) in [4.78, 5) is 22.4. The van der Waals surface area contributed by atoms with Gasteiger partial charge in [-0.1, -0.05) is 6.92 Å². The zero-order chi connectivity index (χ0) is 11.4. The van der Waals surface area contributed by atoms with Crippen molar-refractivity contribution >= 4 is 11.9 Å². The Balaban J connectivity index is 2.37. The number of hydrogen-bond donors (Lipinski definition) is 2. The predicted molar refractivity (Wildman–Crippen MR) is 56.4 cm³/mol. The molecule has 1 fully saturated rings. The number of carbonyl (C=O) groups excluding carboxylic acids is 1. The number of aliphatic carboxylic acids is 1. The van der Waals surface area contributed by atoms with Gasteiger partial charge >= 0.3 is 5.97 Å². The number of amides is 1. The Bertz CT molecular complexity index is 248. The molecule has 1 amide bonds. The molecule has 0 bridgehead atoms. The molecule has 1 saturated carbocycles. The van der Waals surface area contributed by atoms with E-state index in [1.807, 2.05) is 13.8 Å². The number of carboxylic acid groups (broad SMARTS) is 1. The van der Waals surface area contributed by atoms with Crippen LogP contribution in [0.5, 0.6) is 0 Å². The van der Waals surface area contributed by atoms with Crippen LogP contribution in [0.15, 0.2) is 0 Å². The Morgan fingerprint density at radius 2 is 2.07 bits per heavy atom. The fourth-order valence-corrected chi connectivity index (χ4v) is 1.59. The summed E-state index contributed by atoms with van der Waals surface area (Å²) in [6.07, 6.45) is 2.90. The second-order valence-electron chi connectivity index (χ2n) is 4.36. The molecule has 0 aliphatic heterocycles. The molecule has 86 valence electrons. The molecule has 2 N–H and O–H groups in total. The quantitative estimate of drug-likeness (QED) is 0.701. The van der Waals surface area contributed by atoms with Crippen LogP contribution < -0.4 is 5.32 Å². The van der Waals surface area contributed by atoms with E-state index in [1.165, 1.54) is 0 Å². The predicted octanol–water partition coefficient (Wildman–Crippen LogP) is 1.40. The molecule has 1 aliphatic rings. The van der Waals surface area contributed by atoms with Crippen LogP contribution in [-0.4, -0.2) is 23.0 Å². The molecule has 4 nitrogen and oxygen atoms in total. The van der Waals surface area contributed by atoms with Crippen molar-refractivity contribution < 1.29 is 14.7 Å². The van der Waals surface area contributed by atoms with Gasteiger partial charge in [0.25, 0.3) is 0 Å². The maximum absolute atomic E-state index is 11.5. The third kappa shape index (κ3) is 3.90. The second-order valence-corrected chi connectivity index (χ2v) is 4.36. The fraction of sp³-hybridized carbons (Fsp3) is 0.818. The molecule has 0 saturated heterocycles. The molecule has 0 aromatic rings. The van der Waals surface area contributed by atoms with Gasteiger partial charge < -0.3 is 10.4 Å². The van der Waals surface area contributed by atoms with Crippen LogP contribution in [0.1, 0.15) is 39.5 Å². The minimum absolute atomic E-state index is 0.129. The van der Waals surface area contributed by atoms with Gasteiger partial charge in [-0.05, 0) is 32.1 Å². The largest absolute Gasteiger partial charge is 0.481 e. The van der Waals surface area contributed by atoms with Crippen molar-refractivity contribution in [1.29, 1.82) is 0 Å². The van der Waals surface area contributed by atoms with Crippen molar-refractivity contribution in [2.75, 3.05) is 0 Å². The lowest BCUT2D eigenvalue weighted by Crippen LogP contribution is -2.34. The summed E-state index contributed by atoms with van der Waals surface area (Å²) in [7, 11) is 0. The molecule has 0 aromatic heterocycles. The van der Waals surface area contributed by atoms with Gasteiger partial charge in [0.15, 0.2) is 0 Å². The average molecular weight is 213 g/mol. The highest BCUT2D eigenvalue weighted by atomic mass is 16.4. The molecule has 1 aliphatic carbocycles. The number of nitrogens with one attached hydrogen (secondary N) is 1.